The number of aromatic nitrogens is 1. The Labute approximate surface area is 129 Å². The third-order valence-electron chi connectivity index (χ3n) is 2.77. The maximum atomic E-state index is 6.00. The number of nitrogens with zero attached hydrogens (tertiary/aromatic N) is 1. The summed E-state index contributed by atoms with van der Waals surface area (Å²) >= 11 is 11.2. The van der Waals surface area contributed by atoms with Crippen LogP contribution in [-0.4, -0.2) is 16.6 Å². The van der Waals surface area contributed by atoms with Crippen LogP contribution in [0.15, 0.2) is 42.6 Å². The molecule has 0 aliphatic rings. The third-order valence-corrected chi connectivity index (χ3v) is 3.32. The lowest BCUT2D eigenvalue weighted by molar-refractivity contribution is 0.872. The number of pyridine rings is 1. The summed E-state index contributed by atoms with van der Waals surface area (Å²) in [6.45, 7) is 2.85. The number of nitrogens with one attached hydrogen (secondary N) is 2. The lowest BCUT2D eigenvalue weighted by Crippen LogP contribution is -2.30. The van der Waals surface area contributed by atoms with Crippen LogP contribution in [0.4, 0.5) is 5.82 Å². The normalized spacial score (nSPS) is 10.1. The molecule has 20 heavy (non-hydrogen) atoms. The molecule has 0 amide bonds. The largest absolute Gasteiger partial charge is 0.362 e. The van der Waals surface area contributed by atoms with Gasteiger partial charge in [0.05, 0.1) is 5.02 Å². The lowest BCUT2D eigenvalue weighted by atomic mass is 10.1. The fraction of sp³-hybridized carbons (Fsp3) is 0.200. The van der Waals surface area contributed by atoms with Gasteiger partial charge in [0.25, 0.3) is 0 Å². The first-order chi connectivity index (χ1) is 9.65. The van der Waals surface area contributed by atoms with Crippen molar-refractivity contribution in [3.63, 3.8) is 0 Å². The number of anilines is 1. The number of hydrogen-bond acceptors (Lipinski definition) is 2. The average molecular weight is 306 g/mol. The zero-order chi connectivity index (χ0) is 14.4. The molecule has 0 atom stereocenters. The highest BCUT2D eigenvalue weighted by molar-refractivity contribution is 7.80. The molecular weight excluding hydrogens is 290 g/mol. The van der Waals surface area contributed by atoms with E-state index in [0.717, 1.165) is 13.0 Å². The minimum Gasteiger partial charge on any atom is -0.362 e. The second-order valence-corrected chi connectivity index (χ2v) is 5.27. The Kier molecular flexibility index (Phi) is 5.32. The van der Waals surface area contributed by atoms with Gasteiger partial charge in [-0.1, -0.05) is 41.4 Å². The van der Waals surface area contributed by atoms with Crippen molar-refractivity contribution in [2.75, 3.05) is 11.9 Å². The molecule has 1 heterocycles. The number of hydrogen-bond donors (Lipinski definition) is 2. The molecule has 0 bridgehead atoms. The standard InChI is InChI=1S/C15H16ClN3S/c1-11-4-2-5-12(10-11)7-9-18-15(20)19-14-13(16)6-3-8-17-14/h2-6,8,10H,7,9H2,1H3,(H2,17,18,19,20). The van der Waals surface area contributed by atoms with Gasteiger partial charge in [0, 0.05) is 12.7 Å². The van der Waals surface area contributed by atoms with Gasteiger partial charge in [-0.2, -0.15) is 0 Å². The van der Waals surface area contributed by atoms with Gasteiger partial charge in [-0.05, 0) is 43.3 Å². The van der Waals surface area contributed by atoms with Crippen molar-refractivity contribution in [2.24, 2.45) is 0 Å². The second kappa shape index (κ2) is 7.22. The van der Waals surface area contributed by atoms with Gasteiger partial charge < -0.3 is 10.6 Å². The van der Waals surface area contributed by atoms with Gasteiger partial charge >= 0.3 is 0 Å². The van der Waals surface area contributed by atoms with Crippen molar-refractivity contribution in [1.82, 2.24) is 10.3 Å². The molecule has 0 spiro atoms. The van der Waals surface area contributed by atoms with E-state index in [0.29, 0.717) is 16.0 Å². The predicted octanol–water partition coefficient (Wildman–Crippen LogP) is 3.57. The maximum Gasteiger partial charge on any atom is 0.171 e. The average Bonchev–Trinajstić information content (AvgIpc) is 2.41. The monoisotopic (exact) mass is 305 g/mol. The topological polar surface area (TPSA) is 37.0 Å². The first-order valence-electron chi connectivity index (χ1n) is 6.36. The molecule has 3 nitrogen and oxygen atoms in total. The van der Waals surface area contributed by atoms with E-state index in [2.05, 4.69) is 46.8 Å². The number of benzene rings is 1. The first kappa shape index (κ1) is 14.8. The molecule has 0 unspecified atom stereocenters. The molecule has 0 saturated carbocycles. The number of thiocarbonyl (C=S) groups is 1. The van der Waals surface area contributed by atoms with E-state index in [4.69, 9.17) is 23.8 Å². The van der Waals surface area contributed by atoms with Gasteiger partial charge in [0.1, 0.15) is 0 Å². The smallest absolute Gasteiger partial charge is 0.171 e. The van der Waals surface area contributed by atoms with Crippen molar-refractivity contribution < 1.29 is 0 Å². The molecule has 0 saturated heterocycles. The Morgan fingerprint density at radius 2 is 2.15 bits per heavy atom. The van der Waals surface area contributed by atoms with Crippen LogP contribution in [-0.2, 0) is 6.42 Å². The third kappa shape index (κ3) is 4.47. The highest BCUT2D eigenvalue weighted by Crippen LogP contribution is 2.16. The van der Waals surface area contributed by atoms with Crippen molar-refractivity contribution in [3.8, 4) is 0 Å². The zero-order valence-corrected chi connectivity index (χ0v) is 12.8. The number of rotatable bonds is 4. The van der Waals surface area contributed by atoms with Gasteiger partial charge in [0.2, 0.25) is 0 Å². The van der Waals surface area contributed by atoms with Crippen molar-refractivity contribution in [3.05, 3.63) is 58.7 Å². The van der Waals surface area contributed by atoms with Crippen LogP contribution in [0.5, 0.6) is 0 Å². The van der Waals surface area contributed by atoms with Gasteiger partial charge in [0.15, 0.2) is 10.9 Å². The molecule has 1 aromatic heterocycles. The SMILES string of the molecule is Cc1cccc(CCNC(=S)Nc2ncccc2Cl)c1. The molecule has 1 aromatic carbocycles. The highest BCUT2D eigenvalue weighted by atomic mass is 35.5. The summed E-state index contributed by atoms with van der Waals surface area (Å²) in [6.07, 6.45) is 2.59. The summed E-state index contributed by atoms with van der Waals surface area (Å²) < 4.78 is 0. The van der Waals surface area contributed by atoms with E-state index >= 15 is 0 Å². The van der Waals surface area contributed by atoms with Crippen LogP contribution in [0.25, 0.3) is 0 Å². The molecular formula is C15H16ClN3S. The lowest BCUT2D eigenvalue weighted by Gasteiger charge is -2.10. The van der Waals surface area contributed by atoms with E-state index in [-0.39, 0.29) is 0 Å². The minimum absolute atomic E-state index is 0.526. The Morgan fingerprint density at radius 1 is 1.30 bits per heavy atom. The Morgan fingerprint density at radius 3 is 2.90 bits per heavy atom. The van der Waals surface area contributed by atoms with Gasteiger partial charge in [-0.25, -0.2) is 4.98 Å². The van der Waals surface area contributed by atoms with E-state index in [1.54, 1.807) is 18.3 Å². The maximum absolute atomic E-state index is 6.00. The fourth-order valence-electron chi connectivity index (χ4n) is 1.82. The minimum atomic E-state index is 0.526. The number of aryl methyl sites for hydroxylation is 1. The molecule has 104 valence electrons. The molecule has 2 rings (SSSR count). The molecule has 0 fully saturated rings. The van der Waals surface area contributed by atoms with Crippen LogP contribution < -0.4 is 10.6 Å². The number of halogens is 1. The first-order valence-corrected chi connectivity index (χ1v) is 7.14. The fourth-order valence-corrected chi connectivity index (χ4v) is 2.18. The Balaban J connectivity index is 1.80. The summed E-state index contributed by atoms with van der Waals surface area (Å²) in [7, 11) is 0. The van der Waals surface area contributed by atoms with Crippen LogP contribution in [0.1, 0.15) is 11.1 Å². The summed E-state index contributed by atoms with van der Waals surface area (Å²) in [5.41, 5.74) is 2.56. The van der Waals surface area contributed by atoms with Gasteiger partial charge in [-0.3, -0.25) is 0 Å². The molecule has 5 heteroatoms. The predicted molar refractivity (Wildman–Crippen MR) is 88.4 cm³/mol. The molecule has 0 radical (unpaired) electrons. The molecule has 0 aliphatic heterocycles. The summed E-state index contributed by atoms with van der Waals surface area (Å²) in [6, 6.07) is 12.0. The second-order valence-electron chi connectivity index (χ2n) is 4.45. The van der Waals surface area contributed by atoms with Crippen molar-refractivity contribution in [2.45, 2.75) is 13.3 Å². The van der Waals surface area contributed by atoms with E-state index in [1.807, 2.05) is 0 Å². The summed E-state index contributed by atoms with van der Waals surface area (Å²) in [4.78, 5) is 4.13. The molecule has 0 aliphatic carbocycles. The van der Waals surface area contributed by atoms with Crippen LogP contribution in [0.3, 0.4) is 0 Å². The molecule has 2 aromatic rings. The van der Waals surface area contributed by atoms with E-state index in [1.165, 1.54) is 11.1 Å². The summed E-state index contributed by atoms with van der Waals surface area (Å²) in [5.74, 6) is 0.572. The van der Waals surface area contributed by atoms with Gasteiger partial charge in [-0.15, -0.1) is 0 Å². The van der Waals surface area contributed by atoms with Crippen molar-refractivity contribution >= 4 is 34.7 Å². The van der Waals surface area contributed by atoms with E-state index < -0.39 is 0 Å². The van der Waals surface area contributed by atoms with Crippen molar-refractivity contribution in [1.29, 1.82) is 0 Å². The molecule has 2 N–H and O–H groups in total. The van der Waals surface area contributed by atoms with Crippen LogP contribution in [0, 0.1) is 6.92 Å². The summed E-state index contributed by atoms with van der Waals surface area (Å²) in [5, 5.41) is 7.21. The highest BCUT2D eigenvalue weighted by Gasteiger charge is 2.02. The van der Waals surface area contributed by atoms with E-state index in [9.17, 15) is 0 Å². The zero-order valence-electron chi connectivity index (χ0n) is 11.2. The Bertz CT molecular complexity index is 601. The quantitative estimate of drug-likeness (QED) is 0.847. The van der Waals surface area contributed by atoms with Crippen LogP contribution >= 0.6 is 23.8 Å². The van der Waals surface area contributed by atoms with Crippen LogP contribution in [0.2, 0.25) is 5.02 Å². The Hall–Kier alpha value is -1.65.